The summed E-state index contributed by atoms with van der Waals surface area (Å²) in [5.41, 5.74) is 11.5. The molecule has 0 aliphatic carbocycles. The predicted octanol–water partition coefficient (Wildman–Crippen LogP) is 3.67. The van der Waals surface area contributed by atoms with Crippen LogP contribution >= 0.6 is 0 Å². The first-order valence-electron chi connectivity index (χ1n) is 6.80. The van der Waals surface area contributed by atoms with Crippen molar-refractivity contribution in [1.82, 2.24) is 9.78 Å². The van der Waals surface area contributed by atoms with Crippen molar-refractivity contribution in [1.29, 1.82) is 0 Å². The van der Waals surface area contributed by atoms with Crippen molar-refractivity contribution in [3.63, 3.8) is 0 Å². The Bertz CT molecular complexity index is 635. The molecule has 2 N–H and O–H groups in total. The zero-order chi connectivity index (χ0) is 13.4. The monoisotopic (exact) mass is 253 g/mol. The topological polar surface area (TPSA) is 43.8 Å². The third-order valence-electron chi connectivity index (χ3n) is 3.52. The van der Waals surface area contributed by atoms with Crippen molar-refractivity contribution in [2.45, 2.75) is 32.7 Å². The maximum absolute atomic E-state index is 5.92. The maximum Gasteiger partial charge on any atom is 0.0734 e. The maximum atomic E-state index is 5.92. The Kier molecular flexibility index (Phi) is 2.90. The largest absolute Gasteiger partial charge is 0.399 e. The van der Waals surface area contributed by atoms with Crippen molar-refractivity contribution in [3.05, 3.63) is 41.7 Å². The van der Waals surface area contributed by atoms with Crippen molar-refractivity contribution >= 4 is 11.8 Å². The van der Waals surface area contributed by atoms with Gasteiger partial charge in [0, 0.05) is 17.8 Å². The van der Waals surface area contributed by atoms with Gasteiger partial charge in [0.15, 0.2) is 0 Å². The van der Waals surface area contributed by atoms with E-state index in [0.717, 1.165) is 29.9 Å². The molecule has 0 amide bonds. The van der Waals surface area contributed by atoms with Crippen molar-refractivity contribution < 1.29 is 0 Å². The van der Waals surface area contributed by atoms with Gasteiger partial charge in [0.25, 0.3) is 0 Å². The normalized spacial score (nSPS) is 13.8. The molecular formula is C16H19N3. The number of nitrogen functional groups attached to an aromatic ring is 1. The zero-order valence-electron chi connectivity index (χ0n) is 11.4. The molecule has 0 fully saturated rings. The molecule has 3 nitrogen and oxygen atoms in total. The number of nitrogens with zero attached hydrogens (tertiary/aromatic N) is 2. The molecule has 98 valence electrons. The molecule has 19 heavy (non-hydrogen) atoms. The third kappa shape index (κ3) is 2.05. The van der Waals surface area contributed by atoms with Crippen LogP contribution in [0.2, 0.25) is 0 Å². The van der Waals surface area contributed by atoms with E-state index in [2.05, 4.69) is 36.7 Å². The molecule has 1 aromatic heterocycles. The Labute approximate surface area is 113 Å². The van der Waals surface area contributed by atoms with Crippen LogP contribution in [-0.2, 0) is 6.54 Å². The quantitative estimate of drug-likeness (QED) is 0.830. The summed E-state index contributed by atoms with van der Waals surface area (Å²) in [7, 11) is 0. The van der Waals surface area contributed by atoms with Crippen molar-refractivity contribution in [2.24, 2.45) is 0 Å². The van der Waals surface area contributed by atoms with Crippen LogP contribution in [0.5, 0.6) is 0 Å². The predicted molar refractivity (Wildman–Crippen MR) is 79.8 cm³/mol. The first-order chi connectivity index (χ1) is 9.16. The van der Waals surface area contributed by atoms with Crippen molar-refractivity contribution in [2.75, 3.05) is 5.73 Å². The van der Waals surface area contributed by atoms with Gasteiger partial charge in [-0.15, -0.1) is 0 Å². The first kappa shape index (κ1) is 12.0. The highest BCUT2D eigenvalue weighted by atomic mass is 15.3. The Balaban J connectivity index is 2.24. The van der Waals surface area contributed by atoms with Crippen LogP contribution in [-0.4, -0.2) is 9.78 Å². The molecule has 0 atom stereocenters. The smallest absolute Gasteiger partial charge is 0.0734 e. The summed E-state index contributed by atoms with van der Waals surface area (Å²) in [4.78, 5) is 0. The number of hydrogen-bond donors (Lipinski definition) is 1. The number of rotatable bonds is 2. The van der Waals surface area contributed by atoms with Gasteiger partial charge in [-0.05, 0) is 36.1 Å². The molecule has 0 unspecified atom stereocenters. The minimum atomic E-state index is 0.405. The van der Waals surface area contributed by atoms with E-state index in [-0.39, 0.29) is 0 Å². The number of aryl methyl sites for hydroxylation is 1. The first-order valence-corrected chi connectivity index (χ1v) is 6.80. The zero-order valence-corrected chi connectivity index (χ0v) is 11.4. The summed E-state index contributed by atoms with van der Waals surface area (Å²) in [6, 6.07) is 8.07. The standard InChI is InChI=1S/C16H19N3/c1-11(2)16-15(12-6-5-7-13(17)10-12)14-8-3-4-9-19(14)18-16/h3,5-8,10-11H,4,9,17H2,1-2H3. The van der Waals surface area contributed by atoms with E-state index in [1.54, 1.807) is 0 Å². The van der Waals surface area contributed by atoms with Gasteiger partial charge in [0.2, 0.25) is 0 Å². The van der Waals surface area contributed by atoms with Gasteiger partial charge in [0.05, 0.1) is 11.4 Å². The van der Waals surface area contributed by atoms with Crippen LogP contribution in [0.15, 0.2) is 30.3 Å². The van der Waals surface area contributed by atoms with Crippen LogP contribution < -0.4 is 5.73 Å². The average molecular weight is 253 g/mol. The molecule has 0 spiro atoms. The Hall–Kier alpha value is -2.03. The summed E-state index contributed by atoms with van der Waals surface area (Å²) in [5, 5.41) is 4.78. The molecule has 3 rings (SSSR count). The number of allylic oxidation sites excluding steroid dienone is 1. The number of nitrogens with two attached hydrogens (primary N) is 1. The summed E-state index contributed by atoms with van der Waals surface area (Å²) in [6.07, 6.45) is 5.46. The lowest BCUT2D eigenvalue weighted by Gasteiger charge is -2.10. The van der Waals surface area contributed by atoms with Crippen molar-refractivity contribution in [3.8, 4) is 11.1 Å². The SMILES string of the molecule is CC(C)c1nn2c(c1-c1cccc(N)c1)C=CCC2. The molecule has 0 saturated carbocycles. The van der Waals surface area contributed by atoms with Crippen LogP contribution in [0.3, 0.4) is 0 Å². The van der Waals surface area contributed by atoms with E-state index in [9.17, 15) is 0 Å². The molecular weight excluding hydrogens is 234 g/mol. The molecule has 2 heterocycles. The minimum Gasteiger partial charge on any atom is -0.399 e. The second-order valence-electron chi connectivity index (χ2n) is 5.34. The highest BCUT2D eigenvalue weighted by molar-refractivity contribution is 5.78. The molecule has 1 aliphatic rings. The Morgan fingerprint density at radius 2 is 2.16 bits per heavy atom. The Morgan fingerprint density at radius 3 is 2.89 bits per heavy atom. The number of hydrogen-bond acceptors (Lipinski definition) is 2. The molecule has 3 heteroatoms. The second-order valence-corrected chi connectivity index (χ2v) is 5.34. The fourth-order valence-electron chi connectivity index (χ4n) is 2.62. The van der Waals surface area contributed by atoms with Gasteiger partial charge >= 0.3 is 0 Å². The lowest BCUT2D eigenvalue weighted by atomic mass is 9.96. The lowest BCUT2D eigenvalue weighted by molar-refractivity contribution is 0.594. The fraction of sp³-hybridized carbons (Fsp3) is 0.312. The molecule has 2 aromatic rings. The Morgan fingerprint density at radius 1 is 1.32 bits per heavy atom. The van der Waals surface area contributed by atoms with Gasteiger partial charge in [-0.2, -0.15) is 5.10 Å². The number of fused-ring (bicyclic) bond motifs is 1. The molecule has 1 aliphatic heterocycles. The van der Waals surface area contributed by atoms with E-state index in [0.29, 0.717) is 5.92 Å². The number of anilines is 1. The van der Waals surface area contributed by atoms with E-state index in [4.69, 9.17) is 10.8 Å². The fourth-order valence-corrected chi connectivity index (χ4v) is 2.62. The summed E-state index contributed by atoms with van der Waals surface area (Å²) >= 11 is 0. The molecule has 0 saturated heterocycles. The highest BCUT2D eigenvalue weighted by Crippen LogP contribution is 2.35. The minimum absolute atomic E-state index is 0.405. The van der Waals surface area contributed by atoms with Gasteiger partial charge in [-0.1, -0.05) is 32.1 Å². The second kappa shape index (κ2) is 4.57. The molecule has 1 aromatic carbocycles. The average Bonchev–Trinajstić information content (AvgIpc) is 2.78. The number of aromatic nitrogens is 2. The number of benzene rings is 1. The van der Waals surface area contributed by atoms with E-state index in [1.165, 1.54) is 11.3 Å². The van der Waals surface area contributed by atoms with Gasteiger partial charge in [-0.3, -0.25) is 4.68 Å². The van der Waals surface area contributed by atoms with Crippen LogP contribution in [0, 0.1) is 0 Å². The summed E-state index contributed by atoms with van der Waals surface area (Å²) in [5.74, 6) is 0.405. The van der Waals surface area contributed by atoms with E-state index in [1.807, 2.05) is 18.2 Å². The summed E-state index contributed by atoms with van der Waals surface area (Å²) in [6.45, 7) is 5.34. The third-order valence-corrected chi connectivity index (χ3v) is 3.52. The van der Waals surface area contributed by atoms with Crippen LogP contribution in [0.4, 0.5) is 5.69 Å². The van der Waals surface area contributed by atoms with Gasteiger partial charge in [-0.25, -0.2) is 0 Å². The lowest BCUT2D eigenvalue weighted by Crippen LogP contribution is -2.05. The van der Waals surface area contributed by atoms with Gasteiger partial charge < -0.3 is 5.73 Å². The van der Waals surface area contributed by atoms with E-state index < -0.39 is 0 Å². The molecule has 0 bridgehead atoms. The van der Waals surface area contributed by atoms with Gasteiger partial charge in [0.1, 0.15) is 0 Å². The van der Waals surface area contributed by atoms with Crippen LogP contribution in [0.25, 0.3) is 17.2 Å². The highest BCUT2D eigenvalue weighted by Gasteiger charge is 2.20. The summed E-state index contributed by atoms with van der Waals surface area (Å²) < 4.78 is 2.12. The molecule has 0 radical (unpaired) electrons. The van der Waals surface area contributed by atoms with E-state index >= 15 is 0 Å². The van der Waals surface area contributed by atoms with Crippen LogP contribution in [0.1, 0.15) is 37.6 Å².